The van der Waals surface area contributed by atoms with Gasteiger partial charge in [-0.05, 0) is 52.2 Å². The summed E-state index contributed by atoms with van der Waals surface area (Å²) in [6, 6.07) is 0. The van der Waals surface area contributed by atoms with Crippen molar-refractivity contribution in [2.75, 3.05) is 26.7 Å². The van der Waals surface area contributed by atoms with E-state index in [-0.39, 0.29) is 11.3 Å². The van der Waals surface area contributed by atoms with E-state index in [1.165, 1.54) is 0 Å². The maximum atomic E-state index is 11.7. The molecule has 0 aliphatic carbocycles. The van der Waals surface area contributed by atoms with Crippen molar-refractivity contribution in [1.29, 1.82) is 0 Å². The monoisotopic (exact) mass is 290 g/mol. The number of rotatable bonds is 3. The number of halogens is 1. The predicted molar refractivity (Wildman–Crippen MR) is 70.9 cm³/mol. The van der Waals surface area contributed by atoms with Crippen LogP contribution < -0.4 is 5.32 Å². The van der Waals surface area contributed by atoms with Gasteiger partial charge in [0.25, 0.3) is 0 Å². The van der Waals surface area contributed by atoms with Crippen LogP contribution in [0.3, 0.4) is 0 Å². The molecular formula is C12H23BrN2O. The molecule has 0 aromatic carbocycles. The van der Waals surface area contributed by atoms with Crippen LogP contribution in [0.5, 0.6) is 0 Å². The number of nitrogens with zero attached hydrogens (tertiary/aromatic N) is 1. The molecule has 1 aliphatic heterocycles. The van der Waals surface area contributed by atoms with Crippen LogP contribution >= 0.6 is 15.9 Å². The number of hydrogen-bond donors (Lipinski definition) is 1. The van der Waals surface area contributed by atoms with E-state index < -0.39 is 4.32 Å². The van der Waals surface area contributed by atoms with Crippen LogP contribution in [0.4, 0.5) is 0 Å². The Morgan fingerprint density at radius 2 is 1.94 bits per heavy atom. The molecule has 1 N–H and O–H groups in total. The van der Waals surface area contributed by atoms with Crippen molar-refractivity contribution in [3.63, 3.8) is 0 Å². The quantitative estimate of drug-likeness (QED) is 0.807. The van der Waals surface area contributed by atoms with Crippen LogP contribution in [-0.2, 0) is 4.79 Å². The lowest BCUT2D eigenvalue weighted by Crippen LogP contribution is -2.46. The minimum atomic E-state index is -0.463. The standard InChI is InChI=1S/C12H23BrN2O/c1-11(2,13)10(16)14-9-12(3)5-7-15(4)8-6-12/h5-9H2,1-4H3,(H,14,16). The van der Waals surface area contributed by atoms with E-state index in [9.17, 15) is 4.79 Å². The maximum Gasteiger partial charge on any atom is 0.236 e. The molecule has 1 saturated heterocycles. The molecule has 1 fully saturated rings. The largest absolute Gasteiger partial charge is 0.354 e. The topological polar surface area (TPSA) is 32.3 Å². The second kappa shape index (κ2) is 5.05. The van der Waals surface area contributed by atoms with E-state index in [1.807, 2.05) is 13.8 Å². The van der Waals surface area contributed by atoms with Gasteiger partial charge in [-0.25, -0.2) is 0 Å². The highest BCUT2D eigenvalue weighted by molar-refractivity contribution is 9.10. The number of piperidine rings is 1. The summed E-state index contributed by atoms with van der Waals surface area (Å²) in [5.74, 6) is 0.0765. The van der Waals surface area contributed by atoms with Gasteiger partial charge >= 0.3 is 0 Å². The third-order valence-electron chi connectivity index (χ3n) is 3.41. The Morgan fingerprint density at radius 3 is 2.38 bits per heavy atom. The van der Waals surface area contributed by atoms with Crippen molar-refractivity contribution in [3.8, 4) is 0 Å². The van der Waals surface area contributed by atoms with Gasteiger partial charge in [-0.3, -0.25) is 4.79 Å². The fourth-order valence-electron chi connectivity index (χ4n) is 1.84. The molecule has 16 heavy (non-hydrogen) atoms. The molecule has 1 amide bonds. The summed E-state index contributed by atoms with van der Waals surface area (Å²) < 4.78 is -0.463. The fourth-order valence-corrected chi connectivity index (χ4v) is 1.98. The van der Waals surface area contributed by atoms with Crippen LogP contribution in [0.2, 0.25) is 0 Å². The normalized spacial score (nSPS) is 21.8. The lowest BCUT2D eigenvalue weighted by molar-refractivity contribution is -0.123. The molecule has 0 aromatic heterocycles. The van der Waals surface area contributed by atoms with E-state index >= 15 is 0 Å². The second-order valence-corrected chi connectivity index (χ2v) is 7.75. The SMILES string of the molecule is CN1CCC(C)(CNC(=O)C(C)(C)Br)CC1. The van der Waals surface area contributed by atoms with Crippen molar-refractivity contribution >= 4 is 21.8 Å². The second-order valence-electron chi connectivity index (χ2n) is 5.77. The maximum absolute atomic E-state index is 11.7. The molecule has 0 saturated carbocycles. The highest BCUT2D eigenvalue weighted by atomic mass is 79.9. The number of nitrogens with one attached hydrogen (secondary N) is 1. The molecule has 0 aromatic rings. The predicted octanol–water partition coefficient (Wildman–Crippen LogP) is 2.01. The Bertz CT molecular complexity index is 252. The van der Waals surface area contributed by atoms with Crippen molar-refractivity contribution in [2.24, 2.45) is 5.41 Å². The molecule has 0 bridgehead atoms. The Balaban J connectivity index is 2.40. The summed E-state index contributed by atoms with van der Waals surface area (Å²) in [6.45, 7) is 9.06. The summed E-state index contributed by atoms with van der Waals surface area (Å²) in [5, 5.41) is 3.04. The van der Waals surface area contributed by atoms with Gasteiger partial charge in [-0.2, -0.15) is 0 Å². The van der Waals surface area contributed by atoms with Gasteiger partial charge in [0, 0.05) is 6.54 Å². The first-order valence-corrected chi connectivity index (χ1v) is 6.68. The Kier molecular flexibility index (Phi) is 4.41. The molecule has 0 unspecified atom stereocenters. The van der Waals surface area contributed by atoms with E-state index in [4.69, 9.17) is 0 Å². The Hall–Kier alpha value is -0.0900. The van der Waals surface area contributed by atoms with Gasteiger partial charge in [-0.1, -0.05) is 22.9 Å². The highest BCUT2D eigenvalue weighted by Crippen LogP contribution is 2.29. The number of carbonyl (C=O) groups is 1. The zero-order valence-electron chi connectivity index (χ0n) is 10.8. The van der Waals surface area contributed by atoms with Crippen molar-refractivity contribution in [2.45, 2.75) is 37.9 Å². The molecule has 1 heterocycles. The number of carbonyl (C=O) groups excluding carboxylic acids is 1. The first kappa shape index (κ1) is 14.0. The van der Waals surface area contributed by atoms with Gasteiger partial charge in [0.2, 0.25) is 5.91 Å². The summed E-state index contributed by atoms with van der Waals surface area (Å²) in [6.07, 6.45) is 2.32. The average molecular weight is 291 g/mol. The number of amides is 1. The minimum absolute atomic E-state index is 0.0765. The molecule has 0 radical (unpaired) electrons. The molecule has 94 valence electrons. The van der Waals surface area contributed by atoms with E-state index in [0.717, 1.165) is 32.5 Å². The lowest BCUT2D eigenvalue weighted by Gasteiger charge is -2.38. The van der Waals surface area contributed by atoms with Gasteiger partial charge in [0.15, 0.2) is 0 Å². The van der Waals surface area contributed by atoms with E-state index in [0.29, 0.717) is 0 Å². The Morgan fingerprint density at radius 1 is 1.44 bits per heavy atom. The van der Waals surface area contributed by atoms with Gasteiger partial charge in [0.1, 0.15) is 0 Å². The van der Waals surface area contributed by atoms with E-state index in [2.05, 4.69) is 40.1 Å². The first-order valence-electron chi connectivity index (χ1n) is 5.89. The number of alkyl halides is 1. The third kappa shape index (κ3) is 4.06. The molecule has 4 heteroatoms. The van der Waals surface area contributed by atoms with Crippen LogP contribution in [0, 0.1) is 5.41 Å². The summed E-state index contributed by atoms with van der Waals surface area (Å²) in [4.78, 5) is 14.1. The fraction of sp³-hybridized carbons (Fsp3) is 0.917. The summed E-state index contributed by atoms with van der Waals surface area (Å²) in [5.41, 5.74) is 0.264. The average Bonchev–Trinajstić information content (AvgIpc) is 2.18. The van der Waals surface area contributed by atoms with Crippen molar-refractivity contribution in [1.82, 2.24) is 10.2 Å². The van der Waals surface area contributed by atoms with Gasteiger partial charge < -0.3 is 10.2 Å². The molecular weight excluding hydrogens is 268 g/mol. The van der Waals surface area contributed by atoms with Crippen molar-refractivity contribution in [3.05, 3.63) is 0 Å². The van der Waals surface area contributed by atoms with Crippen LogP contribution in [0.25, 0.3) is 0 Å². The number of hydrogen-bond acceptors (Lipinski definition) is 2. The Labute approximate surface area is 107 Å². The van der Waals surface area contributed by atoms with E-state index in [1.54, 1.807) is 0 Å². The molecule has 0 spiro atoms. The molecule has 3 nitrogen and oxygen atoms in total. The summed E-state index contributed by atoms with van der Waals surface area (Å²) >= 11 is 3.38. The van der Waals surface area contributed by atoms with Crippen LogP contribution in [0.15, 0.2) is 0 Å². The molecule has 0 atom stereocenters. The minimum Gasteiger partial charge on any atom is -0.354 e. The first-order chi connectivity index (χ1) is 7.23. The number of likely N-dealkylation sites (tertiary alicyclic amines) is 1. The lowest BCUT2D eigenvalue weighted by atomic mass is 9.80. The summed E-state index contributed by atoms with van der Waals surface area (Å²) in [7, 11) is 2.15. The third-order valence-corrected chi connectivity index (χ3v) is 3.77. The molecule has 1 aliphatic rings. The van der Waals surface area contributed by atoms with Gasteiger partial charge in [0.05, 0.1) is 4.32 Å². The zero-order valence-corrected chi connectivity index (χ0v) is 12.4. The smallest absolute Gasteiger partial charge is 0.236 e. The van der Waals surface area contributed by atoms with Crippen LogP contribution in [0.1, 0.15) is 33.6 Å². The highest BCUT2D eigenvalue weighted by Gasteiger charge is 2.31. The van der Waals surface area contributed by atoms with Crippen molar-refractivity contribution < 1.29 is 4.79 Å². The molecule has 1 rings (SSSR count). The van der Waals surface area contributed by atoms with Crippen LogP contribution in [-0.4, -0.2) is 41.8 Å². The zero-order chi connectivity index (χ0) is 12.4. The van der Waals surface area contributed by atoms with Gasteiger partial charge in [-0.15, -0.1) is 0 Å².